The van der Waals surface area contributed by atoms with Gasteiger partial charge in [0.25, 0.3) is 0 Å². The van der Waals surface area contributed by atoms with Crippen LogP contribution in [0.3, 0.4) is 0 Å². The first-order chi connectivity index (χ1) is 9.06. The van der Waals surface area contributed by atoms with Crippen LogP contribution >= 0.6 is 0 Å². The minimum Gasteiger partial charge on any atom is -0.370 e. The van der Waals surface area contributed by atoms with E-state index in [1.165, 1.54) is 12.5 Å². The highest BCUT2D eigenvalue weighted by Crippen LogP contribution is 2.25. The summed E-state index contributed by atoms with van der Waals surface area (Å²) in [5.41, 5.74) is -0.106. The summed E-state index contributed by atoms with van der Waals surface area (Å²) in [7, 11) is 0. The van der Waals surface area contributed by atoms with Crippen LogP contribution in [-0.2, 0) is 4.74 Å². The van der Waals surface area contributed by atoms with E-state index in [0.29, 0.717) is 5.92 Å². The van der Waals surface area contributed by atoms with Crippen molar-refractivity contribution >= 4 is 5.78 Å². The van der Waals surface area contributed by atoms with Crippen LogP contribution in [0.2, 0.25) is 0 Å². The van der Waals surface area contributed by atoms with Crippen LogP contribution in [0.1, 0.15) is 43.0 Å². The zero-order valence-corrected chi connectivity index (χ0v) is 11.0. The normalized spacial score (nSPS) is 23.3. The van der Waals surface area contributed by atoms with Crippen molar-refractivity contribution in [3.63, 3.8) is 0 Å². The van der Waals surface area contributed by atoms with E-state index in [0.717, 1.165) is 31.4 Å². The van der Waals surface area contributed by atoms with Crippen molar-refractivity contribution in [3.05, 3.63) is 35.4 Å². The summed E-state index contributed by atoms with van der Waals surface area (Å²) >= 11 is 0. The maximum absolute atomic E-state index is 13.4. The van der Waals surface area contributed by atoms with Gasteiger partial charge < -0.3 is 4.74 Å². The minimum absolute atomic E-state index is 0.0798. The number of hydrogen-bond donors (Lipinski definition) is 0. The highest BCUT2D eigenvalue weighted by atomic mass is 19.1. The molecule has 0 amide bonds. The maximum Gasteiger partial charge on any atom is 0.191 e. The topological polar surface area (TPSA) is 26.3 Å². The Morgan fingerprint density at radius 2 is 2.16 bits per heavy atom. The van der Waals surface area contributed by atoms with Crippen molar-refractivity contribution in [2.75, 3.05) is 6.61 Å². The van der Waals surface area contributed by atoms with Gasteiger partial charge in [-0.05, 0) is 30.9 Å². The van der Waals surface area contributed by atoms with Crippen LogP contribution < -0.4 is 0 Å². The number of ketones is 1. The average molecular weight is 268 g/mol. The Morgan fingerprint density at radius 3 is 2.84 bits per heavy atom. The van der Waals surface area contributed by atoms with E-state index in [9.17, 15) is 13.6 Å². The van der Waals surface area contributed by atoms with E-state index in [4.69, 9.17) is 4.74 Å². The Kier molecular flexibility index (Phi) is 4.64. The molecule has 104 valence electrons. The van der Waals surface area contributed by atoms with E-state index in [2.05, 4.69) is 6.92 Å². The van der Waals surface area contributed by atoms with Crippen LogP contribution in [0.5, 0.6) is 0 Å². The van der Waals surface area contributed by atoms with Gasteiger partial charge in [-0.2, -0.15) is 0 Å². The molecule has 1 aliphatic rings. The molecule has 2 rings (SSSR count). The lowest BCUT2D eigenvalue weighted by molar-refractivity contribution is 0.0180. The summed E-state index contributed by atoms with van der Waals surface area (Å²) in [6.07, 6.45) is 4.27. The molecule has 2 atom stereocenters. The van der Waals surface area contributed by atoms with Crippen LogP contribution in [0, 0.1) is 17.6 Å². The van der Waals surface area contributed by atoms with Gasteiger partial charge >= 0.3 is 0 Å². The average Bonchev–Trinajstić information content (AvgIpc) is 2.36. The number of benzene rings is 1. The Hall–Kier alpha value is -1.29. The number of halogens is 2. The number of hydrogen-bond acceptors (Lipinski definition) is 2. The molecule has 0 bridgehead atoms. The maximum atomic E-state index is 13.4. The third kappa shape index (κ3) is 3.83. The van der Waals surface area contributed by atoms with E-state index in [1.807, 2.05) is 0 Å². The standard InChI is InChI=1S/C15H18F2O2/c1-10-3-2-4-12(7-10)19-9-15(18)13-6-5-11(16)8-14(13)17/h5-6,8,10,12H,2-4,7,9H2,1H3. The number of Topliss-reactive ketones (excluding diaryl/α,β-unsaturated/α-hetero) is 1. The Bertz CT molecular complexity index is 459. The summed E-state index contributed by atoms with van der Waals surface area (Å²) < 4.78 is 31.7. The predicted octanol–water partition coefficient (Wildman–Crippen LogP) is 3.74. The second-order valence-corrected chi connectivity index (χ2v) is 5.25. The molecule has 2 nitrogen and oxygen atoms in total. The zero-order chi connectivity index (χ0) is 13.8. The molecule has 1 aliphatic carbocycles. The SMILES string of the molecule is CC1CCCC(OCC(=O)c2ccc(F)cc2F)C1. The van der Waals surface area contributed by atoms with Crippen molar-refractivity contribution in [1.29, 1.82) is 0 Å². The molecular weight excluding hydrogens is 250 g/mol. The summed E-state index contributed by atoms with van der Waals surface area (Å²) in [4.78, 5) is 11.8. The molecule has 1 aromatic rings. The smallest absolute Gasteiger partial charge is 0.191 e. The monoisotopic (exact) mass is 268 g/mol. The van der Waals surface area contributed by atoms with Crippen LogP contribution in [0.15, 0.2) is 18.2 Å². The molecular formula is C15H18F2O2. The van der Waals surface area contributed by atoms with Crippen LogP contribution in [-0.4, -0.2) is 18.5 Å². The number of carbonyl (C=O) groups is 1. The number of carbonyl (C=O) groups excluding carboxylic acids is 1. The van der Waals surface area contributed by atoms with Gasteiger partial charge in [0, 0.05) is 6.07 Å². The van der Waals surface area contributed by atoms with E-state index < -0.39 is 17.4 Å². The molecule has 2 unspecified atom stereocenters. The van der Waals surface area contributed by atoms with Gasteiger partial charge in [-0.25, -0.2) is 8.78 Å². The molecule has 1 fully saturated rings. The molecule has 0 spiro atoms. The Morgan fingerprint density at radius 1 is 1.37 bits per heavy atom. The summed E-state index contributed by atoms with van der Waals surface area (Å²) in [5, 5.41) is 0. The molecule has 1 saturated carbocycles. The number of ether oxygens (including phenoxy) is 1. The van der Waals surface area contributed by atoms with Crippen molar-refractivity contribution in [1.82, 2.24) is 0 Å². The fourth-order valence-electron chi connectivity index (χ4n) is 2.52. The van der Waals surface area contributed by atoms with Gasteiger partial charge in [-0.1, -0.05) is 19.8 Å². The third-order valence-corrected chi connectivity index (χ3v) is 3.57. The van der Waals surface area contributed by atoms with Crippen molar-refractivity contribution in [3.8, 4) is 0 Å². The third-order valence-electron chi connectivity index (χ3n) is 3.57. The van der Waals surface area contributed by atoms with Crippen LogP contribution in [0.25, 0.3) is 0 Å². The molecule has 0 aromatic heterocycles. The van der Waals surface area contributed by atoms with Gasteiger partial charge in [0.15, 0.2) is 5.78 Å². The van der Waals surface area contributed by atoms with Gasteiger partial charge in [-0.15, -0.1) is 0 Å². The molecule has 0 N–H and O–H groups in total. The first-order valence-corrected chi connectivity index (χ1v) is 6.66. The fraction of sp³-hybridized carbons (Fsp3) is 0.533. The largest absolute Gasteiger partial charge is 0.370 e. The summed E-state index contributed by atoms with van der Waals surface area (Å²) in [6.45, 7) is 2.02. The molecule has 0 aliphatic heterocycles. The molecule has 0 saturated heterocycles. The van der Waals surface area contributed by atoms with Gasteiger partial charge in [0.1, 0.15) is 18.2 Å². The van der Waals surface area contributed by atoms with Gasteiger partial charge in [0.2, 0.25) is 0 Å². The predicted molar refractivity (Wildman–Crippen MR) is 68.1 cm³/mol. The van der Waals surface area contributed by atoms with Crippen LogP contribution in [0.4, 0.5) is 8.78 Å². The van der Waals surface area contributed by atoms with E-state index in [-0.39, 0.29) is 18.3 Å². The van der Waals surface area contributed by atoms with Crippen molar-refractivity contribution in [2.24, 2.45) is 5.92 Å². The lowest BCUT2D eigenvalue weighted by Gasteiger charge is -2.26. The molecule has 1 aromatic carbocycles. The zero-order valence-electron chi connectivity index (χ0n) is 11.0. The lowest BCUT2D eigenvalue weighted by Crippen LogP contribution is -2.24. The lowest BCUT2D eigenvalue weighted by atomic mass is 9.89. The quantitative estimate of drug-likeness (QED) is 0.777. The Balaban J connectivity index is 1.90. The summed E-state index contributed by atoms with van der Waals surface area (Å²) in [6, 6.07) is 2.97. The highest BCUT2D eigenvalue weighted by molar-refractivity contribution is 5.97. The fourth-order valence-corrected chi connectivity index (χ4v) is 2.52. The highest BCUT2D eigenvalue weighted by Gasteiger charge is 2.21. The molecule has 4 heteroatoms. The van der Waals surface area contributed by atoms with Crippen molar-refractivity contribution in [2.45, 2.75) is 38.7 Å². The van der Waals surface area contributed by atoms with E-state index in [1.54, 1.807) is 0 Å². The first kappa shape index (κ1) is 14.1. The van der Waals surface area contributed by atoms with Crippen molar-refractivity contribution < 1.29 is 18.3 Å². The number of rotatable bonds is 4. The van der Waals surface area contributed by atoms with Gasteiger partial charge in [0.05, 0.1) is 11.7 Å². The second-order valence-electron chi connectivity index (χ2n) is 5.25. The molecule has 0 radical (unpaired) electrons. The van der Waals surface area contributed by atoms with E-state index >= 15 is 0 Å². The molecule has 0 heterocycles. The van der Waals surface area contributed by atoms with Gasteiger partial charge in [-0.3, -0.25) is 4.79 Å². The molecule has 19 heavy (non-hydrogen) atoms. The Labute approximate surface area is 111 Å². The minimum atomic E-state index is -0.828. The first-order valence-electron chi connectivity index (χ1n) is 6.66. The summed E-state index contributed by atoms with van der Waals surface area (Å²) in [5.74, 6) is -1.34. The second kappa shape index (κ2) is 6.24.